The molecule has 11 heteroatoms. The highest BCUT2D eigenvalue weighted by Gasteiger charge is 2.36. The first-order valence-corrected chi connectivity index (χ1v) is 17.9. The molecule has 9 nitrogen and oxygen atoms in total. The molecule has 1 aromatic carbocycles. The third-order valence-corrected chi connectivity index (χ3v) is 11.9. The van der Waals surface area contributed by atoms with Gasteiger partial charge in [-0.1, -0.05) is 17.5 Å². The van der Waals surface area contributed by atoms with Crippen LogP contribution in [0.2, 0.25) is 5.02 Å². The van der Waals surface area contributed by atoms with E-state index >= 15 is 0 Å². The van der Waals surface area contributed by atoms with Crippen LogP contribution in [0.5, 0.6) is 0 Å². The molecule has 246 valence electrons. The number of hydrogen-bond acceptors (Lipinski definition) is 6. The average molecular weight is 665 g/mol. The fourth-order valence-electron chi connectivity index (χ4n) is 7.85. The summed E-state index contributed by atoms with van der Waals surface area (Å²) in [6.07, 6.45) is 12.1. The van der Waals surface area contributed by atoms with E-state index in [9.17, 15) is 14.4 Å². The Hall–Kier alpha value is -3.26. The van der Waals surface area contributed by atoms with E-state index in [1.54, 1.807) is 17.4 Å². The molecule has 0 saturated carbocycles. The lowest BCUT2D eigenvalue weighted by Gasteiger charge is -2.41. The number of amides is 4. The molecule has 4 amide bonds. The quantitative estimate of drug-likeness (QED) is 0.316. The Morgan fingerprint density at radius 2 is 1.70 bits per heavy atom. The zero-order valence-corrected chi connectivity index (χ0v) is 28.3. The molecule has 1 aromatic heterocycles. The second-order valence-corrected chi connectivity index (χ2v) is 14.9. The Bertz CT molecular complexity index is 1480. The van der Waals surface area contributed by atoms with E-state index in [1.165, 1.54) is 12.8 Å². The Labute approximate surface area is 281 Å². The number of carbonyl (C=O) groups is 3. The van der Waals surface area contributed by atoms with Gasteiger partial charge in [0.05, 0.1) is 23.2 Å². The molecule has 0 aliphatic carbocycles. The van der Waals surface area contributed by atoms with E-state index in [4.69, 9.17) is 23.8 Å². The van der Waals surface area contributed by atoms with Crippen LogP contribution in [-0.2, 0) is 22.6 Å². The predicted molar refractivity (Wildman–Crippen MR) is 184 cm³/mol. The minimum Gasteiger partial charge on any atom is -0.397 e. The molecule has 3 N–H and O–H groups in total. The van der Waals surface area contributed by atoms with Gasteiger partial charge in [0.1, 0.15) is 5.00 Å². The highest BCUT2D eigenvalue weighted by molar-refractivity contribution is 7.14. The molecule has 4 aliphatic heterocycles. The standard InChI is InChI=1S/C35H45ClN6O3S/c1-3-24-18-23(20-30(36)32(24)37)19-28(34(44)41-13-6-26(7-14-41)25-4-11-39(2)12-5-25)21-31(43)40-15-8-29(9-16-40)42-22-27-10-17-46-33(27)38-35(42)45/h1,10,17-18,20,25-26,28-29H,4-9,11-16,19,21-22,37H2,2H3,(H,38,45)/t28-/m0/s1. The molecule has 0 unspecified atom stereocenters. The number of halogens is 1. The lowest BCUT2D eigenvalue weighted by molar-refractivity contribution is -0.143. The van der Waals surface area contributed by atoms with E-state index < -0.39 is 5.92 Å². The van der Waals surface area contributed by atoms with Crippen LogP contribution in [0.25, 0.3) is 0 Å². The smallest absolute Gasteiger partial charge is 0.323 e. The molecule has 0 spiro atoms. The number of hydrogen-bond donors (Lipinski definition) is 2. The lowest BCUT2D eigenvalue weighted by atomic mass is 9.78. The van der Waals surface area contributed by atoms with Crippen LogP contribution in [0, 0.1) is 30.1 Å². The van der Waals surface area contributed by atoms with E-state index in [2.05, 4.69) is 29.3 Å². The second kappa shape index (κ2) is 14.2. The lowest BCUT2D eigenvalue weighted by Crippen LogP contribution is -2.51. The summed E-state index contributed by atoms with van der Waals surface area (Å²) >= 11 is 7.96. The van der Waals surface area contributed by atoms with E-state index in [1.807, 2.05) is 26.1 Å². The van der Waals surface area contributed by atoms with Crippen molar-refractivity contribution in [2.24, 2.45) is 17.8 Å². The van der Waals surface area contributed by atoms with E-state index in [-0.39, 0.29) is 30.3 Å². The molecule has 5 heterocycles. The number of likely N-dealkylation sites (tertiary alicyclic amines) is 3. The molecule has 6 rings (SSSR count). The zero-order chi connectivity index (χ0) is 32.4. The maximum atomic E-state index is 14.1. The maximum Gasteiger partial charge on any atom is 0.323 e. The molecule has 4 aliphatic rings. The van der Waals surface area contributed by atoms with Crippen LogP contribution >= 0.6 is 22.9 Å². The molecule has 2 aromatic rings. The number of piperidine rings is 3. The van der Waals surface area contributed by atoms with Gasteiger partial charge in [0.15, 0.2) is 0 Å². The van der Waals surface area contributed by atoms with Gasteiger partial charge in [-0.2, -0.15) is 0 Å². The van der Waals surface area contributed by atoms with Gasteiger partial charge in [-0.25, -0.2) is 4.79 Å². The summed E-state index contributed by atoms with van der Waals surface area (Å²) < 4.78 is 0. The van der Waals surface area contributed by atoms with Crippen LogP contribution in [-0.4, -0.2) is 89.8 Å². The van der Waals surface area contributed by atoms with Crippen molar-refractivity contribution in [1.82, 2.24) is 19.6 Å². The van der Waals surface area contributed by atoms with Crippen molar-refractivity contribution in [3.8, 4) is 12.3 Å². The summed E-state index contributed by atoms with van der Waals surface area (Å²) in [5, 5.41) is 6.29. The molecule has 1 atom stereocenters. The normalized spacial score (nSPS) is 21.1. The number of urea groups is 1. The minimum atomic E-state index is -0.527. The van der Waals surface area contributed by atoms with Crippen LogP contribution in [0.1, 0.15) is 61.6 Å². The number of nitrogens with one attached hydrogen (secondary N) is 1. The van der Waals surface area contributed by atoms with Gasteiger partial charge in [0.2, 0.25) is 11.8 Å². The summed E-state index contributed by atoms with van der Waals surface area (Å²) in [4.78, 5) is 48.8. The third kappa shape index (κ3) is 7.17. The first-order valence-electron chi connectivity index (χ1n) is 16.6. The molecular formula is C35H45ClN6O3S. The van der Waals surface area contributed by atoms with Gasteiger partial charge in [-0.3, -0.25) is 14.9 Å². The van der Waals surface area contributed by atoms with Crippen LogP contribution in [0.15, 0.2) is 23.6 Å². The van der Waals surface area contributed by atoms with Gasteiger partial charge in [0.25, 0.3) is 0 Å². The van der Waals surface area contributed by atoms with Gasteiger partial charge >= 0.3 is 6.03 Å². The predicted octanol–water partition coefficient (Wildman–Crippen LogP) is 5.13. The minimum absolute atomic E-state index is 0.0248. The fourth-order valence-corrected chi connectivity index (χ4v) is 8.89. The van der Waals surface area contributed by atoms with Crippen molar-refractivity contribution in [2.45, 2.75) is 64.0 Å². The number of terminal acetylenes is 1. The highest BCUT2D eigenvalue weighted by Crippen LogP contribution is 2.35. The monoisotopic (exact) mass is 664 g/mol. The second-order valence-electron chi connectivity index (χ2n) is 13.5. The number of rotatable bonds is 7. The van der Waals surface area contributed by atoms with Gasteiger partial charge < -0.3 is 25.3 Å². The number of nitrogens with two attached hydrogens (primary N) is 1. The number of nitrogens with zero attached hydrogens (tertiary/aromatic N) is 4. The summed E-state index contributed by atoms with van der Waals surface area (Å²) in [7, 11) is 2.19. The van der Waals surface area contributed by atoms with Crippen molar-refractivity contribution in [1.29, 1.82) is 0 Å². The summed E-state index contributed by atoms with van der Waals surface area (Å²) in [6.45, 7) is 5.47. The number of carbonyl (C=O) groups excluding carboxylic acids is 3. The summed E-state index contributed by atoms with van der Waals surface area (Å²) in [5.74, 6) is 3.45. The highest BCUT2D eigenvalue weighted by atomic mass is 35.5. The van der Waals surface area contributed by atoms with Crippen molar-refractivity contribution in [2.75, 3.05) is 57.4 Å². The first kappa shape index (κ1) is 32.7. The third-order valence-electron chi connectivity index (χ3n) is 10.7. The van der Waals surface area contributed by atoms with Gasteiger partial charge in [0, 0.05) is 49.8 Å². The van der Waals surface area contributed by atoms with Gasteiger partial charge in [-0.15, -0.1) is 17.8 Å². The Morgan fingerprint density at radius 3 is 2.37 bits per heavy atom. The number of nitrogen functional groups attached to an aromatic ring is 1. The Morgan fingerprint density at radius 1 is 1.04 bits per heavy atom. The summed E-state index contributed by atoms with van der Waals surface area (Å²) in [5.41, 5.74) is 8.87. The number of benzene rings is 1. The average Bonchev–Trinajstić information content (AvgIpc) is 3.53. The van der Waals surface area contributed by atoms with Crippen molar-refractivity contribution < 1.29 is 14.4 Å². The molecule has 0 radical (unpaired) electrons. The van der Waals surface area contributed by atoms with Crippen molar-refractivity contribution >= 4 is 51.5 Å². The molecule has 0 bridgehead atoms. The zero-order valence-electron chi connectivity index (χ0n) is 26.7. The summed E-state index contributed by atoms with van der Waals surface area (Å²) in [6, 6.07) is 5.63. The maximum absolute atomic E-state index is 14.1. The SMILES string of the molecule is C#Cc1cc(C[C@@H](CC(=O)N2CCC(N3Cc4ccsc4NC3=O)CC2)C(=O)N2CCC(C3CCN(C)CC3)CC2)cc(Cl)c1N. The Kier molecular flexibility index (Phi) is 10.1. The van der Waals surface area contributed by atoms with Crippen LogP contribution in [0.3, 0.4) is 0 Å². The number of fused-ring (bicyclic) bond motifs is 1. The molecule has 3 fully saturated rings. The fraction of sp³-hybridized carbons (Fsp3) is 0.571. The molecule has 46 heavy (non-hydrogen) atoms. The van der Waals surface area contributed by atoms with Gasteiger partial charge in [-0.05, 0) is 106 Å². The van der Waals surface area contributed by atoms with E-state index in [0.29, 0.717) is 61.1 Å². The first-order chi connectivity index (χ1) is 22.2. The van der Waals surface area contributed by atoms with Crippen LogP contribution in [0.4, 0.5) is 15.5 Å². The number of thiophene rings is 1. The van der Waals surface area contributed by atoms with E-state index in [0.717, 1.165) is 61.1 Å². The topological polar surface area (TPSA) is 102 Å². The number of anilines is 2. The van der Waals surface area contributed by atoms with Crippen LogP contribution < -0.4 is 11.1 Å². The molecular weight excluding hydrogens is 620 g/mol. The Balaban J connectivity index is 1.10. The van der Waals surface area contributed by atoms with Crippen molar-refractivity contribution in [3.63, 3.8) is 0 Å². The van der Waals surface area contributed by atoms with Crippen molar-refractivity contribution in [3.05, 3.63) is 45.3 Å². The largest absolute Gasteiger partial charge is 0.397 e. The molecule has 3 saturated heterocycles.